The molecule has 2 rings (SSSR count). The maximum Gasteiger partial charge on any atom is 0.360 e. The van der Waals surface area contributed by atoms with Crippen LogP contribution < -0.4 is 5.56 Å². The van der Waals surface area contributed by atoms with Gasteiger partial charge < -0.3 is 5.11 Å². The van der Waals surface area contributed by atoms with Gasteiger partial charge in [0.25, 0.3) is 5.56 Å². The van der Waals surface area contributed by atoms with Crippen LogP contribution in [0.2, 0.25) is 0 Å². The lowest BCUT2D eigenvalue weighted by Gasteiger charge is -2.12. The summed E-state index contributed by atoms with van der Waals surface area (Å²) < 4.78 is 14.1. The van der Waals surface area contributed by atoms with Gasteiger partial charge in [0, 0.05) is 11.4 Å². The Balaban J connectivity index is 2.79. The lowest BCUT2D eigenvalue weighted by atomic mass is 10.2. The summed E-state index contributed by atoms with van der Waals surface area (Å²) in [7, 11) is 0. The molecule has 1 aromatic heterocycles. The Bertz CT molecular complexity index is 705. The van der Waals surface area contributed by atoms with E-state index in [1.165, 1.54) is 28.8 Å². The van der Waals surface area contributed by atoms with E-state index in [0.29, 0.717) is 17.1 Å². The van der Waals surface area contributed by atoms with Crippen molar-refractivity contribution in [3.05, 3.63) is 57.5 Å². The first-order valence-electron chi connectivity index (χ1n) is 5.51. The molecule has 6 heteroatoms. The van der Waals surface area contributed by atoms with Crippen molar-refractivity contribution in [3.8, 4) is 5.69 Å². The Hall–Kier alpha value is -2.50. The normalized spacial score (nSPS) is 10.5. The fourth-order valence-corrected chi connectivity index (χ4v) is 1.76. The summed E-state index contributed by atoms with van der Waals surface area (Å²) in [4.78, 5) is 26.9. The fourth-order valence-electron chi connectivity index (χ4n) is 1.76. The average molecular weight is 262 g/mol. The molecule has 0 atom stereocenters. The maximum absolute atomic E-state index is 12.9. The van der Waals surface area contributed by atoms with E-state index < -0.39 is 23.0 Å². The van der Waals surface area contributed by atoms with Gasteiger partial charge in [-0.05, 0) is 38.1 Å². The lowest BCUT2D eigenvalue weighted by molar-refractivity contribution is 0.0687. The summed E-state index contributed by atoms with van der Waals surface area (Å²) in [6.45, 7) is 3.26. The fraction of sp³-hybridized carbons (Fsp3) is 0.154. The third kappa shape index (κ3) is 2.24. The van der Waals surface area contributed by atoms with Gasteiger partial charge in [0.05, 0.1) is 5.69 Å². The third-order valence-corrected chi connectivity index (χ3v) is 2.83. The van der Waals surface area contributed by atoms with Gasteiger partial charge in [-0.2, -0.15) is 0 Å². The van der Waals surface area contributed by atoms with Gasteiger partial charge in [0.15, 0.2) is 0 Å². The van der Waals surface area contributed by atoms with Gasteiger partial charge in [-0.25, -0.2) is 14.2 Å². The first-order chi connectivity index (χ1) is 8.91. The molecule has 0 aliphatic rings. The maximum atomic E-state index is 12.9. The number of nitrogens with zero attached hydrogens (tertiary/aromatic N) is 2. The minimum Gasteiger partial charge on any atom is -0.476 e. The zero-order valence-corrected chi connectivity index (χ0v) is 10.3. The van der Waals surface area contributed by atoms with Gasteiger partial charge in [-0.1, -0.05) is 0 Å². The highest BCUT2D eigenvalue weighted by atomic mass is 19.1. The molecule has 0 unspecified atom stereocenters. The topological polar surface area (TPSA) is 72.2 Å². The van der Waals surface area contributed by atoms with Gasteiger partial charge in [0.1, 0.15) is 5.82 Å². The van der Waals surface area contributed by atoms with Crippen LogP contribution in [0.1, 0.15) is 21.9 Å². The summed E-state index contributed by atoms with van der Waals surface area (Å²) in [6, 6.07) is 5.23. The quantitative estimate of drug-likeness (QED) is 0.893. The molecule has 1 heterocycles. The van der Waals surface area contributed by atoms with Crippen molar-refractivity contribution < 1.29 is 14.3 Å². The predicted octanol–water partition coefficient (Wildman–Crippen LogP) is 1.69. The largest absolute Gasteiger partial charge is 0.476 e. The van der Waals surface area contributed by atoms with Crippen LogP contribution in [-0.4, -0.2) is 20.6 Å². The van der Waals surface area contributed by atoms with Gasteiger partial charge >= 0.3 is 5.97 Å². The van der Waals surface area contributed by atoms with Crippen molar-refractivity contribution in [3.63, 3.8) is 0 Å². The van der Waals surface area contributed by atoms with Gasteiger partial charge in [0.2, 0.25) is 5.69 Å². The van der Waals surface area contributed by atoms with E-state index in [4.69, 9.17) is 5.11 Å². The summed E-state index contributed by atoms with van der Waals surface area (Å²) in [5, 5.41) is 8.96. The number of benzene rings is 1. The SMILES string of the molecule is Cc1nc(C(=O)O)c(=O)n(-c2ccc(F)cc2)c1C. The lowest BCUT2D eigenvalue weighted by Crippen LogP contribution is -2.29. The molecule has 0 saturated heterocycles. The molecule has 2 aromatic rings. The highest BCUT2D eigenvalue weighted by molar-refractivity contribution is 5.85. The molecule has 0 aliphatic heterocycles. The van der Waals surface area contributed by atoms with E-state index in [2.05, 4.69) is 4.98 Å². The van der Waals surface area contributed by atoms with Crippen LogP contribution in [0.3, 0.4) is 0 Å². The number of carboxylic acid groups (broad SMARTS) is 1. The molecule has 1 N–H and O–H groups in total. The minimum absolute atomic E-state index is 0.400. The second kappa shape index (κ2) is 4.64. The standard InChI is InChI=1S/C13H11FN2O3/c1-7-8(2)16(10-5-3-9(14)4-6-10)12(17)11(15-7)13(18)19/h3-6H,1-2H3,(H,18,19). The number of rotatable bonds is 2. The zero-order chi connectivity index (χ0) is 14.2. The molecule has 0 saturated carbocycles. The Morgan fingerprint density at radius 3 is 2.37 bits per heavy atom. The van der Waals surface area contributed by atoms with Gasteiger partial charge in [-0.3, -0.25) is 9.36 Å². The Morgan fingerprint density at radius 2 is 1.84 bits per heavy atom. The van der Waals surface area contributed by atoms with Crippen molar-refractivity contribution in [1.82, 2.24) is 9.55 Å². The highest BCUT2D eigenvalue weighted by Gasteiger charge is 2.17. The second-order valence-electron chi connectivity index (χ2n) is 4.05. The Labute approximate surface area is 108 Å². The molecular weight excluding hydrogens is 251 g/mol. The highest BCUT2D eigenvalue weighted by Crippen LogP contribution is 2.12. The Morgan fingerprint density at radius 1 is 1.26 bits per heavy atom. The first-order valence-corrected chi connectivity index (χ1v) is 5.51. The number of aromatic nitrogens is 2. The first kappa shape index (κ1) is 12.9. The average Bonchev–Trinajstić information content (AvgIpc) is 2.36. The van der Waals surface area contributed by atoms with Crippen molar-refractivity contribution in [2.24, 2.45) is 0 Å². The molecule has 19 heavy (non-hydrogen) atoms. The molecule has 98 valence electrons. The van der Waals surface area contributed by atoms with Crippen molar-refractivity contribution in [2.75, 3.05) is 0 Å². The van der Waals surface area contributed by atoms with Crippen LogP contribution in [0, 0.1) is 19.7 Å². The van der Waals surface area contributed by atoms with Crippen LogP contribution in [0.25, 0.3) is 5.69 Å². The number of aryl methyl sites for hydroxylation is 1. The van der Waals surface area contributed by atoms with Crippen molar-refractivity contribution in [1.29, 1.82) is 0 Å². The molecule has 0 spiro atoms. The summed E-state index contributed by atoms with van der Waals surface area (Å²) >= 11 is 0. The second-order valence-corrected chi connectivity index (χ2v) is 4.05. The van der Waals surface area contributed by atoms with Crippen molar-refractivity contribution in [2.45, 2.75) is 13.8 Å². The molecule has 0 bridgehead atoms. The van der Waals surface area contributed by atoms with E-state index in [9.17, 15) is 14.0 Å². The number of carbonyl (C=O) groups is 1. The smallest absolute Gasteiger partial charge is 0.360 e. The number of hydrogen-bond donors (Lipinski definition) is 1. The van der Waals surface area contributed by atoms with E-state index in [0.717, 1.165) is 0 Å². The number of aromatic carboxylic acids is 1. The van der Waals surface area contributed by atoms with Crippen molar-refractivity contribution >= 4 is 5.97 Å². The summed E-state index contributed by atoms with van der Waals surface area (Å²) in [5.74, 6) is -1.82. The summed E-state index contributed by atoms with van der Waals surface area (Å²) in [5.41, 5.74) is 0.0643. The third-order valence-electron chi connectivity index (χ3n) is 2.83. The van der Waals surface area contributed by atoms with Gasteiger partial charge in [-0.15, -0.1) is 0 Å². The minimum atomic E-state index is -1.39. The van der Waals surface area contributed by atoms with Crippen LogP contribution >= 0.6 is 0 Å². The van der Waals surface area contributed by atoms with Crippen LogP contribution in [-0.2, 0) is 0 Å². The van der Waals surface area contributed by atoms with Crippen LogP contribution in [0.4, 0.5) is 4.39 Å². The number of carboxylic acids is 1. The molecular formula is C13H11FN2O3. The van der Waals surface area contributed by atoms with E-state index in [-0.39, 0.29) is 0 Å². The monoisotopic (exact) mass is 262 g/mol. The number of halogens is 1. The molecule has 5 nitrogen and oxygen atoms in total. The molecule has 0 radical (unpaired) electrons. The zero-order valence-electron chi connectivity index (χ0n) is 10.3. The number of hydrogen-bond acceptors (Lipinski definition) is 3. The van der Waals surface area contributed by atoms with E-state index in [1.807, 2.05) is 0 Å². The molecule has 0 aliphatic carbocycles. The predicted molar refractivity (Wildman–Crippen MR) is 66.2 cm³/mol. The van der Waals surface area contributed by atoms with E-state index in [1.54, 1.807) is 13.8 Å². The summed E-state index contributed by atoms with van der Waals surface area (Å²) in [6.07, 6.45) is 0. The van der Waals surface area contributed by atoms with E-state index >= 15 is 0 Å². The van der Waals surface area contributed by atoms with Crippen LogP contribution in [0.15, 0.2) is 29.1 Å². The van der Waals surface area contributed by atoms with Crippen LogP contribution in [0.5, 0.6) is 0 Å². The Kier molecular flexibility index (Phi) is 3.16. The molecule has 0 amide bonds. The molecule has 0 fully saturated rings. The molecule has 1 aromatic carbocycles.